The smallest absolute Gasteiger partial charge is 0.252 e. The number of benzene rings is 1. The topological polar surface area (TPSA) is 29.1 Å². The van der Waals surface area contributed by atoms with Gasteiger partial charge in [-0.15, -0.1) is 0 Å². The second-order valence-corrected chi connectivity index (χ2v) is 4.90. The minimum atomic E-state index is -0.316. The Balaban J connectivity index is 2.08. The molecule has 0 aliphatic heterocycles. The second kappa shape index (κ2) is 4.95. The third-order valence-corrected chi connectivity index (χ3v) is 3.41. The van der Waals surface area contributed by atoms with E-state index in [1.54, 1.807) is 0 Å². The maximum Gasteiger partial charge on any atom is 0.252 e. The Hall–Kier alpha value is -0.910. The molecular weight excluding hydrogens is 320 g/mol. The third-order valence-electron chi connectivity index (χ3n) is 2.52. The highest BCUT2D eigenvalue weighted by Gasteiger charge is 2.16. The predicted octanol–water partition coefficient (Wildman–Crippen LogP) is 2.88. The minimum Gasteiger partial charge on any atom is -0.349 e. The van der Waals surface area contributed by atoms with E-state index < -0.39 is 0 Å². The Bertz CT molecular complexity index is 437. The van der Waals surface area contributed by atoms with Crippen molar-refractivity contribution in [2.45, 2.75) is 18.9 Å². The first-order valence-corrected chi connectivity index (χ1v) is 6.15. The number of hydrogen-bond donors (Lipinski definition) is 1. The molecule has 0 atom stereocenters. The number of nitrogens with one attached hydrogen (secondary N) is 1. The highest BCUT2D eigenvalue weighted by Crippen LogP contribution is 2.15. The van der Waals surface area contributed by atoms with Gasteiger partial charge in [-0.05, 0) is 53.6 Å². The molecule has 1 aliphatic rings. The highest BCUT2D eigenvalue weighted by atomic mass is 127. The summed E-state index contributed by atoms with van der Waals surface area (Å²) in [4.78, 5) is 11.9. The van der Waals surface area contributed by atoms with E-state index in [0.29, 0.717) is 9.13 Å². The maximum atomic E-state index is 12.9. The number of carbonyl (C=O) groups excluding carboxylic acids is 1. The van der Waals surface area contributed by atoms with E-state index in [2.05, 4.69) is 17.5 Å². The van der Waals surface area contributed by atoms with Gasteiger partial charge in [0.2, 0.25) is 0 Å². The van der Waals surface area contributed by atoms with Crippen molar-refractivity contribution in [1.82, 2.24) is 5.32 Å². The zero-order valence-electron chi connectivity index (χ0n) is 8.54. The lowest BCUT2D eigenvalue weighted by molar-refractivity contribution is 0.0938. The predicted molar refractivity (Wildman–Crippen MR) is 68.7 cm³/mol. The van der Waals surface area contributed by atoms with Crippen molar-refractivity contribution >= 4 is 28.5 Å². The Labute approximate surface area is 107 Å². The minimum absolute atomic E-state index is 0.127. The average Bonchev–Trinajstić information content (AvgIpc) is 2.70. The van der Waals surface area contributed by atoms with Crippen LogP contribution < -0.4 is 5.32 Å². The van der Waals surface area contributed by atoms with Gasteiger partial charge in [0.15, 0.2) is 0 Å². The molecular formula is C12H11FINO. The summed E-state index contributed by atoms with van der Waals surface area (Å²) in [6.07, 6.45) is 5.87. The van der Waals surface area contributed by atoms with E-state index in [0.717, 1.165) is 12.8 Å². The van der Waals surface area contributed by atoms with Crippen molar-refractivity contribution in [3.63, 3.8) is 0 Å². The monoisotopic (exact) mass is 331 g/mol. The van der Waals surface area contributed by atoms with Crippen LogP contribution >= 0.6 is 22.6 Å². The first-order valence-electron chi connectivity index (χ1n) is 5.08. The summed E-state index contributed by atoms with van der Waals surface area (Å²) < 4.78 is 13.5. The molecule has 0 unspecified atom stereocenters. The SMILES string of the molecule is O=C(NC1CC=CC1)c1ccc(F)cc1I. The molecule has 16 heavy (non-hydrogen) atoms. The van der Waals surface area contributed by atoms with Gasteiger partial charge < -0.3 is 5.32 Å². The molecule has 0 aromatic heterocycles. The van der Waals surface area contributed by atoms with Gasteiger partial charge in [0.25, 0.3) is 5.91 Å². The summed E-state index contributed by atoms with van der Waals surface area (Å²) in [5.41, 5.74) is 0.536. The largest absolute Gasteiger partial charge is 0.349 e. The van der Waals surface area contributed by atoms with Crippen LogP contribution in [0.4, 0.5) is 4.39 Å². The molecule has 0 bridgehead atoms. The van der Waals surface area contributed by atoms with Crippen LogP contribution in [0.5, 0.6) is 0 Å². The van der Waals surface area contributed by atoms with Gasteiger partial charge in [-0.2, -0.15) is 0 Å². The van der Waals surface area contributed by atoms with Gasteiger partial charge in [0, 0.05) is 9.61 Å². The van der Waals surface area contributed by atoms with Crippen LogP contribution in [0.3, 0.4) is 0 Å². The van der Waals surface area contributed by atoms with Crippen LogP contribution in [0.2, 0.25) is 0 Å². The molecule has 0 fully saturated rings. The van der Waals surface area contributed by atoms with E-state index in [9.17, 15) is 9.18 Å². The summed E-state index contributed by atoms with van der Waals surface area (Å²) >= 11 is 1.97. The van der Waals surface area contributed by atoms with Crippen molar-refractivity contribution < 1.29 is 9.18 Å². The fourth-order valence-electron chi connectivity index (χ4n) is 1.67. The molecule has 0 radical (unpaired) electrons. The number of rotatable bonds is 2. The quantitative estimate of drug-likeness (QED) is 0.655. The summed E-state index contributed by atoms with van der Waals surface area (Å²) in [6, 6.07) is 4.38. The average molecular weight is 331 g/mol. The lowest BCUT2D eigenvalue weighted by atomic mass is 10.1. The van der Waals surface area contributed by atoms with Crippen molar-refractivity contribution in [1.29, 1.82) is 0 Å². The third kappa shape index (κ3) is 2.61. The molecule has 1 aromatic carbocycles. The summed E-state index contributed by atoms with van der Waals surface area (Å²) in [5, 5.41) is 2.93. The second-order valence-electron chi connectivity index (χ2n) is 3.74. The molecule has 2 rings (SSSR count). The fourth-order valence-corrected chi connectivity index (χ4v) is 2.39. The van der Waals surface area contributed by atoms with Crippen LogP contribution in [0.1, 0.15) is 23.2 Å². The Kier molecular flexibility index (Phi) is 3.58. The molecule has 1 N–H and O–H groups in total. The number of carbonyl (C=O) groups is 1. The molecule has 4 heteroatoms. The molecule has 0 saturated heterocycles. The molecule has 1 aromatic rings. The molecule has 0 heterocycles. The molecule has 0 saturated carbocycles. The Morgan fingerprint density at radius 3 is 2.69 bits per heavy atom. The fraction of sp³-hybridized carbons (Fsp3) is 0.250. The highest BCUT2D eigenvalue weighted by molar-refractivity contribution is 14.1. The molecule has 84 valence electrons. The number of amides is 1. The maximum absolute atomic E-state index is 12.9. The Morgan fingerprint density at radius 1 is 1.38 bits per heavy atom. The molecule has 2 nitrogen and oxygen atoms in total. The lowest BCUT2D eigenvalue weighted by Gasteiger charge is -2.12. The van der Waals surface area contributed by atoms with Crippen LogP contribution in [0, 0.1) is 9.39 Å². The zero-order chi connectivity index (χ0) is 11.5. The standard InChI is InChI=1S/C12H11FINO/c13-8-5-6-10(11(14)7-8)12(16)15-9-3-1-2-4-9/h1-2,5-7,9H,3-4H2,(H,15,16). The first kappa shape index (κ1) is 11.6. The summed E-state index contributed by atoms with van der Waals surface area (Å²) in [7, 11) is 0. The molecule has 1 aliphatic carbocycles. The van der Waals surface area contributed by atoms with E-state index >= 15 is 0 Å². The van der Waals surface area contributed by atoms with Crippen molar-refractivity contribution in [3.05, 3.63) is 45.3 Å². The van der Waals surface area contributed by atoms with Crippen molar-refractivity contribution in [2.24, 2.45) is 0 Å². The zero-order valence-corrected chi connectivity index (χ0v) is 10.7. The van der Waals surface area contributed by atoms with E-state index in [-0.39, 0.29) is 17.8 Å². The van der Waals surface area contributed by atoms with Gasteiger partial charge in [-0.1, -0.05) is 12.2 Å². The van der Waals surface area contributed by atoms with Crippen LogP contribution in [0.15, 0.2) is 30.4 Å². The summed E-state index contributed by atoms with van der Waals surface area (Å²) in [6.45, 7) is 0. The van der Waals surface area contributed by atoms with Gasteiger partial charge >= 0.3 is 0 Å². The van der Waals surface area contributed by atoms with E-state index in [1.807, 2.05) is 22.6 Å². The van der Waals surface area contributed by atoms with Crippen LogP contribution in [-0.4, -0.2) is 11.9 Å². The van der Waals surface area contributed by atoms with Crippen molar-refractivity contribution in [3.8, 4) is 0 Å². The number of hydrogen-bond acceptors (Lipinski definition) is 1. The number of halogens is 2. The molecule has 1 amide bonds. The van der Waals surface area contributed by atoms with Gasteiger partial charge in [-0.25, -0.2) is 4.39 Å². The first-order chi connectivity index (χ1) is 7.66. The summed E-state index contributed by atoms with van der Waals surface area (Å²) in [5.74, 6) is -0.443. The van der Waals surface area contributed by atoms with E-state index in [4.69, 9.17) is 0 Å². The van der Waals surface area contributed by atoms with Crippen LogP contribution in [0.25, 0.3) is 0 Å². The van der Waals surface area contributed by atoms with Gasteiger partial charge in [0.1, 0.15) is 5.82 Å². The normalized spacial score (nSPS) is 15.4. The van der Waals surface area contributed by atoms with Crippen LogP contribution in [-0.2, 0) is 0 Å². The van der Waals surface area contributed by atoms with Crippen molar-refractivity contribution in [2.75, 3.05) is 0 Å². The van der Waals surface area contributed by atoms with Gasteiger partial charge in [-0.3, -0.25) is 4.79 Å². The lowest BCUT2D eigenvalue weighted by Crippen LogP contribution is -2.33. The molecule has 0 spiro atoms. The van der Waals surface area contributed by atoms with Gasteiger partial charge in [0.05, 0.1) is 5.56 Å². The Morgan fingerprint density at radius 2 is 2.06 bits per heavy atom. The van der Waals surface area contributed by atoms with E-state index in [1.165, 1.54) is 18.2 Å².